The number of benzene rings is 2. The summed E-state index contributed by atoms with van der Waals surface area (Å²) in [5.74, 6) is 0.764. The molecule has 0 saturated carbocycles. The molecule has 0 radical (unpaired) electrons. The zero-order valence-corrected chi connectivity index (χ0v) is 13.9. The number of carbonyl (C=O) groups is 2. The van der Waals surface area contributed by atoms with Gasteiger partial charge in [0.2, 0.25) is 0 Å². The molecule has 7 nitrogen and oxygen atoms in total. The quantitative estimate of drug-likeness (QED) is 0.760. The smallest absolute Gasteiger partial charge is 0.258 e. The number of methoxy groups -OCH3 is 2. The molecular formula is C18H19N3O4. The first kappa shape index (κ1) is 16.8. The van der Waals surface area contributed by atoms with Gasteiger partial charge in [-0.15, -0.1) is 0 Å². The molecule has 2 aromatic carbocycles. The number of ether oxygens (including phenoxy) is 2. The maximum atomic E-state index is 12.4. The van der Waals surface area contributed by atoms with E-state index in [4.69, 9.17) is 9.47 Å². The van der Waals surface area contributed by atoms with Gasteiger partial charge in [0.05, 0.1) is 20.3 Å². The predicted molar refractivity (Wildman–Crippen MR) is 91.3 cm³/mol. The second-order valence-corrected chi connectivity index (χ2v) is 5.56. The van der Waals surface area contributed by atoms with E-state index in [1.807, 2.05) is 24.3 Å². The van der Waals surface area contributed by atoms with Gasteiger partial charge in [-0.25, -0.2) is 5.43 Å². The van der Waals surface area contributed by atoms with E-state index in [1.165, 1.54) is 0 Å². The molecule has 25 heavy (non-hydrogen) atoms. The van der Waals surface area contributed by atoms with Crippen molar-refractivity contribution in [1.29, 1.82) is 0 Å². The highest BCUT2D eigenvalue weighted by molar-refractivity contribution is 5.98. The highest BCUT2D eigenvalue weighted by atomic mass is 16.5. The van der Waals surface area contributed by atoms with Crippen LogP contribution in [-0.2, 0) is 4.79 Å². The van der Waals surface area contributed by atoms with Crippen molar-refractivity contribution >= 4 is 11.8 Å². The van der Waals surface area contributed by atoms with Crippen molar-refractivity contribution < 1.29 is 19.1 Å². The van der Waals surface area contributed by atoms with Gasteiger partial charge in [0.15, 0.2) is 0 Å². The van der Waals surface area contributed by atoms with Gasteiger partial charge in [-0.1, -0.05) is 12.1 Å². The van der Waals surface area contributed by atoms with Crippen molar-refractivity contribution in [1.82, 2.24) is 16.2 Å². The van der Waals surface area contributed by atoms with Gasteiger partial charge in [0.25, 0.3) is 11.8 Å². The van der Waals surface area contributed by atoms with Crippen LogP contribution in [0.5, 0.6) is 11.5 Å². The third-order valence-corrected chi connectivity index (χ3v) is 4.08. The van der Waals surface area contributed by atoms with Gasteiger partial charge >= 0.3 is 0 Å². The first-order chi connectivity index (χ1) is 12.1. The lowest BCUT2D eigenvalue weighted by Crippen LogP contribution is -2.42. The van der Waals surface area contributed by atoms with Gasteiger partial charge < -0.3 is 14.8 Å². The minimum absolute atomic E-state index is 0.289. The fourth-order valence-electron chi connectivity index (χ4n) is 2.66. The van der Waals surface area contributed by atoms with Gasteiger partial charge in [0.1, 0.15) is 17.5 Å². The van der Waals surface area contributed by atoms with Crippen molar-refractivity contribution in [3.05, 3.63) is 59.7 Å². The molecular weight excluding hydrogens is 322 g/mol. The van der Waals surface area contributed by atoms with Crippen molar-refractivity contribution in [2.24, 2.45) is 0 Å². The van der Waals surface area contributed by atoms with Crippen molar-refractivity contribution in [2.75, 3.05) is 14.2 Å². The molecule has 3 rings (SSSR count). The van der Waals surface area contributed by atoms with Crippen LogP contribution in [0.25, 0.3) is 0 Å². The van der Waals surface area contributed by atoms with Crippen LogP contribution in [0.4, 0.5) is 0 Å². The Morgan fingerprint density at radius 2 is 1.52 bits per heavy atom. The minimum atomic E-state index is -0.719. The van der Waals surface area contributed by atoms with Gasteiger partial charge in [0, 0.05) is 5.56 Å². The molecule has 2 amide bonds. The summed E-state index contributed by atoms with van der Waals surface area (Å²) in [6.45, 7) is 0. The lowest BCUT2D eigenvalue weighted by molar-refractivity contribution is -0.121. The van der Waals surface area contributed by atoms with E-state index < -0.39 is 6.04 Å². The van der Waals surface area contributed by atoms with Crippen molar-refractivity contribution in [3.63, 3.8) is 0 Å². The molecule has 1 saturated heterocycles. The van der Waals surface area contributed by atoms with Crippen LogP contribution in [0.1, 0.15) is 22.0 Å². The largest absolute Gasteiger partial charge is 0.497 e. The average Bonchev–Trinajstić information content (AvgIpc) is 3.02. The van der Waals surface area contributed by atoms with Crippen molar-refractivity contribution in [3.8, 4) is 11.5 Å². The molecule has 1 aliphatic rings. The lowest BCUT2D eigenvalue weighted by Gasteiger charge is -2.18. The van der Waals surface area contributed by atoms with E-state index in [-0.39, 0.29) is 17.9 Å². The van der Waals surface area contributed by atoms with Crippen LogP contribution in [0, 0.1) is 0 Å². The summed E-state index contributed by atoms with van der Waals surface area (Å²) in [4.78, 5) is 24.6. The first-order valence-corrected chi connectivity index (χ1v) is 7.76. The fraction of sp³-hybridized carbons (Fsp3) is 0.222. The monoisotopic (exact) mass is 341 g/mol. The number of rotatable bonds is 5. The molecule has 0 aliphatic carbocycles. The summed E-state index contributed by atoms with van der Waals surface area (Å²) in [6.07, 6.45) is 0. The molecule has 7 heteroatoms. The molecule has 2 aromatic rings. The van der Waals surface area contributed by atoms with Gasteiger partial charge in [-0.2, -0.15) is 0 Å². The third kappa shape index (κ3) is 3.56. The Bertz CT molecular complexity index is 759. The normalized spacial score (nSPS) is 19.2. The molecule has 1 aliphatic heterocycles. The molecule has 0 bridgehead atoms. The zero-order chi connectivity index (χ0) is 17.8. The molecule has 0 aromatic heterocycles. The van der Waals surface area contributed by atoms with E-state index in [2.05, 4.69) is 16.2 Å². The Kier molecular flexibility index (Phi) is 4.85. The minimum Gasteiger partial charge on any atom is -0.497 e. The standard InChI is InChI=1S/C18H19N3O4/c1-24-13-7-3-11(4-8-13)15-16(18(23)21-20-15)19-17(22)12-5-9-14(25-2)10-6-12/h3-10,15-16,20H,1-2H3,(H,19,22)(H,21,23)/t15-,16-/m1/s1. The Labute approximate surface area is 145 Å². The highest BCUT2D eigenvalue weighted by Crippen LogP contribution is 2.23. The van der Waals surface area contributed by atoms with E-state index in [1.54, 1.807) is 38.5 Å². The maximum absolute atomic E-state index is 12.4. The van der Waals surface area contributed by atoms with Crippen LogP contribution >= 0.6 is 0 Å². The number of hydrazine groups is 1. The second-order valence-electron chi connectivity index (χ2n) is 5.56. The Morgan fingerprint density at radius 1 is 0.960 bits per heavy atom. The molecule has 2 atom stereocenters. The summed E-state index contributed by atoms with van der Waals surface area (Å²) in [5, 5.41) is 2.77. The van der Waals surface area contributed by atoms with Gasteiger partial charge in [-0.05, 0) is 42.0 Å². The van der Waals surface area contributed by atoms with E-state index >= 15 is 0 Å². The summed E-state index contributed by atoms with van der Waals surface area (Å²) in [5.41, 5.74) is 6.79. The SMILES string of the molecule is COc1ccc(C(=O)N[C@H]2C(=O)NN[C@@H]2c2ccc(OC)cc2)cc1. The van der Waals surface area contributed by atoms with Crippen LogP contribution in [-0.4, -0.2) is 32.1 Å². The van der Waals surface area contributed by atoms with Crippen LogP contribution < -0.4 is 25.6 Å². The maximum Gasteiger partial charge on any atom is 0.258 e. The Hall–Kier alpha value is -3.06. The third-order valence-electron chi connectivity index (χ3n) is 4.08. The van der Waals surface area contributed by atoms with Crippen molar-refractivity contribution in [2.45, 2.75) is 12.1 Å². The van der Waals surface area contributed by atoms with E-state index in [9.17, 15) is 9.59 Å². The summed E-state index contributed by atoms with van der Waals surface area (Å²) in [7, 11) is 3.15. The second kappa shape index (κ2) is 7.23. The Morgan fingerprint density at radius 3 is 2.08 bits per heavy atom. The predicted octanol–water partition coefficient (Wildman–Crippen LogP) is 1.18. The zero-order valence-electron chi connectivity index (χ0n) is 13.9. The number of hydrogen-bond donors (Lipinski definition) is 3. The van der Waals surface area contributed by atoms with E-state index in [0.29, 0.717) is 11.3 Å². The summed E-state index contributed by atoms with van der Waals surface area (Å²) in [6, 6.07) is 12.9. The lowest BCUT2D eigenvalue weighted by atomic mass is 10.00. The molecule has 1 heterocycles. The topological polar surface area (TPSA) is 88.7 Å². The molecule has 0 unspecified atom stereocenters. The average molecular weight is 341 g/mol. The Balaban J connectivity index is 1.75. The van der Waals surface area contributed by atoms with Crippen LogP contribution in [0.2, 0.25) is 0 Å². The van der Waals surface area contributed by atoms with E-state index in [0.717, 1.165) is 11.3 Å². The summed E-state index contributed by atoms with van der Waals surface area (Å²) < 4.78 is 10.2. The number of hydrogen-bond acceptors (Lipinski definition) is 5. The molecule has 130 valence electrons. The first-order valence-electron chi connectivity index (χ1n) is 7.76. The van der Waals surface area contributed by atoms with Crippen LogP contribution in [0.3, 0.4) is 0 Å². The number of amides is 2. The number of carbonyl (C=O) groups excluding carboxylic acids is 2. The molecule has 1 fully saturated rings. The molecule has 0 spiro atoms. The van der Waals surface area contributed by atoms with Crippen LogP contribution in [0.15, 0.2) is 48.5 Å². The highest BCUT2D eigenvalue weighted by Gasteiger charge is 2.36. The van der Waals surface area contributed by atoms with Gasteiger partial charge in [-0.3, -0.25) is 15.0 Å². The summed E-state index contributed by atoms with van der Waals surface area (Å²) >= 11 is 0. The fourth-order valence-corrected chi connectivity index (χ4v) is 2.66. The molecule has 3 N–H and O–H groups in total. The number of nitrogens with one attached hydrogen (secondary N) is 3.